The van der Waals surface area contributed by atoms with Gasteiger partial charge < -0.3 is 14.7 Å². The Morgan fingerprint density at radius 2 is 2.08 bits per heavy atom. The first-order valence-electron chi connectivity index (χ1n) is 8.41. The molecule has 1 saturated heterocycles. The van der Waals surface area contributed by atoms with E-state index in [9.17, 15) is 9.59 Å². The fourth-order valence-corrected chi connectivity index (χ4v) is 2.84. The standard InChI is InChI=1S/C18H26N2O4/c1-3-14(2)20(13-17(21)22)18(23)16-12-19(9-10-24-16)11-15-7-5-4-6-8-15/h4-8,14,16H,3,9-13H2,1-2H3,(H,21,22)/t14-,16+/m0/s1. The van der Waals surface area contributed by atoms with Gasteiger partial charge in [-0.1, -0.05) is 37.3 Å². The second-order valence-electron chi connectivity index (χ2n) is 6.20. The van der Waals surface area contributed by atoms with E-state index in [1.807, 2.05) is 32.0 Å². The van der Waals surface area contributed by atoms with Crippen molar-refractivity contribution in [2.45, 2.75) is 39.0 Å². The zero-order valence-corrected chi connectivity index (χ0v) is 14.4. The lowest BCUT2D eigenvalue weighted by atomic mass is 10.1. The quantitative estimate of drug-likeness (QED) is 0.820. The number of ether oxygens (including phenoxy) is 1. The molecule has 0 aliphatic carbocycles. The molecule has 0 unspecified atom stereocenters. The Balaban J connectivity index is 2.01. The summed E-state index contributed by atoms with van der Waals surface area (Å²) < 4.78 is 5.64. The van der Waals surface area contributed by atoms with Crippen molar-refractivity contribution < 1.29 is 19.4 Å². The van der Waals surface area contributed by atoms with E-state index in [1.165, 1.54) is 10.5 Å². The predicted molar refractivity (Wildman–Crippen MR) is 90.6 cm³/mol. The topological polar surface area (TPSA) is 70.1 Å². The van der Waals surface area contributed by atoms with Crippen molar-refractivity contribution in [3.05, 3.63) is 35.9 Å². The van der Waals surface area contributed by atoms with Crippen LogP contribution in [0.2, 0.25) is 0 Å². The Morgan fingerprint density at radius 1 is 1.38 bits per heavy atom. The SMILES string of the molecule is CC[C@H](C)N(CC(=O)O)C(=O)[C@H]1CN(Cc2ccccc2)CCO1. The fourth-order valence-electron chi connectivity index (χ4n) is 2.84. The number of amides is 1. The van der Waals surface area contributed by atoms with Crippen LogP contribution in [0.3, 0.4) is 0 Å². The molecule has 0 spiro atoms. The number of hydrogen-bond acceptors (Lipinski definition) is 4. The highest BCUT2D eigenvalue weighted by molar-refractivity contribution is 5.85. The number of morpholine rings is 1. The van der Waals surface area contributed by atoms with E-state index in [2.05, 4.69) is 17.0 Å². The van der Waals surface area contributed by atoms with E-state index in [-0.39, 0.29) is 18.5 Å². The van der Waals surface area contributed by atoms with Crippen LogP contribution in [-0.4, -0.2) is 65.2 Å². The Bertz CT molecular complexity index is 549. The highest BCUT2D eigenvalue weighted by atomic mass is 16.5. The van der Waals surface area contributed by atoms with Gasteiger partial charge in [0.25, 0.3) is 5.91 Å². The van der Waals surface area contributed by atoms with Crippen molar-refractivity contribution in [3.63, 3.8) is 0 Å². The van der Waals surface area contributed by atoms with Gasteiger partial charge in [-0.3, -0.25) is 14.5 Å². The summed E-state index contributed by atoms with van der Waals surface area (Å²) in [7, 11) is 0. The summed E-state index contributed by atoms with van der Waals surface area (Å²) in [5, 5.41) is 9.08. The van der Waals surface area contributed by atoms with Gasteiger partial charge >= 0.3 is 5.97 Å². The highest BCUT2D eigenvalue weighted by Gasteiger charge is 2.32. The Hall–Kier alpha value is -1.92. The van der Waals surface area contributed by atoms with Gasteiger partial charge in [0.1, 0.15) is 12.6 Å². The molecule has 24 heavy (non-hydrogen) atoms. The molecule has 1 fully saturated rings. The summed E-state index contributed by atoms with van der Waals surface area (Å²) >= 11 is 0. The molecule has 0 radical (unpaired) electrons. The molecule has 2 atom stereocenters. The number of nitrogens with zero attached hydrogens (tertiary/aromatic N) is 2. The number of rotatable bonds is 7. The molecule has 1 aliphatic rings. The second-order valence-corrected chi connectivity index (χ2v) is 6.20. The van der Waals surface area contributed by atoms with Crippen LogP contribution in [0.1, 0.15) is 25.8 Å². The number of carbonyl (C=O) groups is 2. The molecule has 1 aliphatic heterocycles. The van der Waals surface area contributed by atoms with Gasteiger partial charge in [-0.05, 0) is 18.9 Å². The van der Waals surface area contributed by atoms with E-state index in [0.717, 1.165) is 13.1 Å². The van der Waals surface area contributed by atoms with Crippen molar-refractivity contribution >= 4 is 11.9 Å². The molecule has 1 N–H and O–H groups in total. The molecule has 1 aromatic rings. The second kappa shape index (κ2) is 8.80. The van der Waals surface area contributed by atoms with Crippen LogP contribution in [0, 0.1) is 0 Å². The van der Waals surface area contributed by atoms with E-state index in [4.69, 9.17) is 9.84 Å². The molecule has 0 saturated carbocycles. The first-order valence-corrected chi connectivity index (χ1v) is 8.41. The summed E-state index contributed by atoms with van der Waals surface area (Å²) in [5.41, 5.74) is 1.19. The molecule has 6 nitrogen and oxygen atoms in total. The fraction of sp³-hybridized carbons (Fsp3) is 0.556. The van der Waals surface area contributed by atoms with Crippen LogP contribution in [0.25, 0.3) is 0 Å². The summed E-state index contributed by atoms with van der Waals surface area (Å²) in [4.78, 5) is 27.4. The Labute approximate surface area is 143 Å². The lowest BCUT2D eigenvalue weighted by molar-refractivity contribution is -0.157. The van der Waals surface area contributed by atoms with Gasteiger partial charge in [-0.25, -0.2) is 0 Å². The maximum absolute atomic E-state index is 12.7. The average molecular weight is 334 g/mol. The van der Waals surface area contributed by atoms with E-state index in [0.29, 0.717) is 19.6 Å². The lowest BCUT2D eigenvalue weighted by Crippen LogP contribution is -2.53. The van der Waals surface area contributed by atoms with Crippen molar-refractivity contribution in [3.8, 4) is 0 Å². The molecule has 0 bridgehead atoms. The number of carboxylic acid groups (broad SMARTS) is 1. The first-order chi connectivity index (χ1) is 11.5. The summed E-state index contributed by atoms with van der Waals surface area (Å²) in [5.74, 6) is -1.23. The van der Waals surface area contributed by atoms with Crippen LogP contribution in [0.5, 0.6) is 0 Å². The summed E-state index contributed by atoms with van der Waals surface area (Å²) in [6.45, 7) is 6.01. The third-order valence-corrected chi connectivity index (χ3v) is 4.39. The van der Waals surface area contributed by atoms with E-state index in [1.54, 1.807) is 0 Å². The molecule has 1 aromatic carbocycles. The van der Waals surface area contributed by atoms with Crippen molar-refractivity contribution in [2.75, 3.05) is 26.2 Å². The molecule has 2 rings (SSSR count). The smallest absolute Gasteiger partial charge is 0.323 e. The average Bonchev–Trinajstić information content (AvgIpc) is 2.59. The number of carboxylic acids is 1. The third-order valence-electron chi connectivity index (χ3n) is 4.39. The normalized spacial score (nSPS) is 19.7. The predicted octanol–water partition coefficient (Wildman–Crippen LogP) is 1.60. The zero-order chi connectivity index (χ0) is 17.5. The number of benzene rings is 1. The maximum Gasteiger partial charge on any atom is 0.323 e. The van der Waals surface area contributed by atoms with Crippen LogP contribution < -0.4 is 0 Å². The molecule has 6 heteroatoms. The van der Waals surface area contributed by atoms with Crippen LogP contribution >= 0.6 is 0 Å². The maximum atomic E-state index is 12.7. The largest absolute Gasteiger partial charge is 0.480 e. The minimum absolute atomic E-state index is 0.123. The van der Waals surface area contributed by atoms with E-state index < -0.39 is 12.1 Å². The number of carbonyl (C=O) groups excluding carboxylic acids is 1. The molecule has 1 heterocycles. The summed E-state index contributed by atoms with van der Waals surface area (Å²) in [6, 6.07) is 9.96. The first kappa shape index (κ1) is 18.4. The van der Waals surface area contributed by atoms with Gasteiger partial charge in [-0.2, -0.15) is 0 Å². The Morgan fingerprint density at radius 3 is 2.71 bits per heavy atom. The van der Waals surface area contributed by atoms with Crippen molar-refractivity contribution in [2.24, 2.45) is 0 Å². The minimum atomic E-state index is -0.999. The van der Waals surface area contributed by atoms with Gasteiger partial charge in [-0.15, -0.1) is 0 Å². The lowest BCUT2D eigenvalue weighted by Gasteiger charge is -2.36. The van der Waals surface area contributed by atoms with Gasteiger partial charge in [0.15, 0.2) is 0 Å². The van der Waals surface area contributed by atoms with Crippen LogP contribution in [-0.2, 0) is 20.9 Å². The number of aliphatic carboxylic acids is 1. The van der Waals surface area contributed by atoms with Gasteiger partial charge in [0.2, 0.25) is 0 Å². The highest BCUT2D eigenvalue weighted by Crippen LogP contribution is 2.14. The third kappa shape index (κ3) is 5.04. The van der Waals surface area contributed by atoms with Crippen molar-refractivity contribution in [1.82, 2.24) is 9.80 Å². The van der Waals surface area contributed by atoms with Crippen molar-refractivity contribution in [1.29, 1.82) is 0 Å². The zero-order valence-electron chi connectivity index (χ0n) is 14.4. The monoisotopic (exact) mass is 334 g/mol. The molecule has 0 aromatic heterocycles. The van der Waals surface area contributed by atoms with E-state index >= 15 is 0 Å². The minimum Gasteiger partial charge on any atom is -0.480 e. The van der Waals surface area contributed by atoms with Gasteiger partial charge in [0.05, 0.1) is 6.61 Å². The Kier molecular flexibility index (Phi) is 6.75. The number of hydrogen-bond donors (Lipinski definition) is 1. The molecular formula is C18H26N2O4. The molecular weight excluding hydrogens is 308 g/mol. The van der Waals surface area contributed by atoms with Gasteiger partial charge in [0, 0.05) is 25.7 Å². The van der Waals surface area contributed by atoms with Crippen LogP contribution in [0.4, 0.5) is 0 Å². The molecule has 132 valence electrons. The molecule has 1 amide bonds. The summed E-state index contributed by atoms with van der Waals surface area (Å²) in [6.07, 6.45) is 0.107. The van der Waals surface area contributed by atoms with Crippen LogP contribution in [0.15, 0.2) is 30.3 Å².